The molecule has 4 nitrogen and oxygen atoms in total. The van der Waals surface area contributed by atoms with Crippen molar-refractivity contribution in [3.05, 3.63) is 30.1 Å². The second-order valence-electron chi connectivity index (χ2n) is 2.96. The van der Waals surface area contributed by atoms with Crippen molar-refractivity contribution in [1.29, 1.82) is 0 Å². The number of aromatic nitrogens is 2. The number of para-hydroxylation sites is 2. The number of imidazole rings is 1. The molecule has 1 aromatic heterocycles. The molecule has 2 rings (SSSR count). The lowest BCUT2D eigenvalue weighted by Gasteiger charge is -2.03. The van der Waals surface area contributed by atoms with Gasteiger partial charge in [0.05, 0.1) is 23.5 Å². The van der Waals surface area contributed by atoms with Crippen molar-refractivity contribution in [2.45, 2.75) is 5.33 Å². The molecular weight excluding hydrogens is 260 g/mol. The van der Waals surface area contributed by atoms with Crippen LogP contribution in [-0.4, -0.2) is 22.8 Å². The zero-order chi connectivity index (χ0) is 10.8. The Hall–Kier alpha value is -1.36. The molecule has 0 unspecified atom stereocenters. The number of hydrogen-bond acceptors (Lipinski definition) is 3. The smallest absolute Gasteiger partial charge is 0.419 e. The molecule has 0 aliphatic rings. The molecule has 0 saturated heterocycles. The SMILES string of the molecule is COC(=O)n1c(CBr)nc2ccccc21. The summed E-state index contributed by atoms with van der Waals surface area (Å²) in [5.74, 6) is 0.642. The van der Waals surface area contributed by atoms with Gasteiger partial charge in [0.15, 0.2) is 0 Å². The quantitative estimate of drug-likeness (QED) is 0.747. The van der Waals surface area contributed by atoms with E-state index in [2.05, 4.69) is 20.9 Å². The van der Waals surface area contributed by atoms with Crippen molar-refractivity contribution < 1.29 is 9.53 Å². The van der Waals surface area contributed by atoms with Crippen LogP contribution >= 0.6 is 15.9 Å². The van der Waals surface area contributed by atoms with E-state index in [4.69, 9.17) is 4.74 Å². The normalized spacial score (nSPS) is 10.5. The van der Waals surface area contributed by atoms with E-state index in [9.17, 15) is 4.79 Å². The maximum Gasteiger partial charge on any atom is 0.419 e. The Labute approximate surface area is 95.0 Å². The molecule has 0 fully saturated rings. The number of halogens is 1. The van der Waals surface area contributed by atoms with E-state index in [1.54, 1.807) is 0 Å². The average molecular weight is 269 g/mol. The highest BCUT2D eigenvalue weighted by atomic mass is 79.9. The van der Waals surface area contributed by atoms with E-state index in [-0.39, 0.29) is 0 Å². The molecule has 0 aliphatic heterocycles. The molecule has 78 valence electrons. The van der Waals surface area contributed by atoms with E-state index in [0.717, 1.165) is 11.0 Å². The van der Waals surface area contributed by atoms with Crippen molar-refractivity contribution in [2.24, 2.45) is 0 Å². The molecule has 0 spiro atoms. The number of rotatable bonds is 1. The number of nitrogens with zero attached hydrogens (tertiary/aromatic N) is 2. The van der Waals surface area contributed by atoms with Crippen LogP contribution in [0.1, 0.15) is 5.82 Å². The van der Waals surface area contributed by atoms with Gasteiger partial charge in [-0.2, -0.15) is 0 Å². The van der Waals surface area contributed by atoms with Crippen LogP contribution in [0.2, 0.25) is 0 Å². The van der Waals surface area contributed by atoms with Crippen molar-refractivity contribution in [3.63, 3.8) is 0 Å². The predicted octanol–water partition coefficient (Wildman–Crippen LogP) is 2.55. The fraction of sp³-hybridized carbons (Fsp3) is 0.200. The fourth-order valence-electron chi connectivity index (χ4n) is 1.46. The summed E-state index contributed by atoms with van der Waals surface area (Å²) in [6.07, 6.45) is -0.418. The van der Waals surface area contributed by atoms with Crippen molar-refractivity contribution in [2.75, 3.05) is 7.11 Å². The Morgan fingerprint density at radius 3 is 2.93 bits per heavy atom. The van der Waals surface area contributed by atoms with Crippen LogP contribution in [0.15, 0.2) is 24.3 Å². The topological polar surface area (TPSA) is 44.1 Å². The maximum atomic E-state index is 11.5. The summed E-state index contributed by atoms with van der Waals surface area (Å²) in [6.45, 7) is 0. The summed E-state index contributed by atoms with van der Waals surface area (Å²) in [7, 11) is 1.36. The molecule has 0 radical (unpaired) electrons. The van der Waals surface area contributed by atoms with E-state index in [1.165, 1.54) is 11.7 Å². The molecule has 0 amide bonds. The number of ether oxygens (including phenoxy) is 1. The maximum absolute atomic E-state index is 11.5. The molecule has 2 aromatic rings. The lowest BCUT2D eigenvalue weighted by molar-refractivity contribution is 0.173. The van der Waals surface area contributed by atoms with Crippen molar-refractivity contribution in [3.8, 4) is 0 Å². The Balaban J connectivity index is 2.72. The van der Waals surface area contributed by atoms with Crippen LogP contribution in [0.3, 0.4) is 0 Å². The second kappa shape index (κ2) is 4.02. The number of alkyl halides is 1. The van der Waals surface area contributed by atoms with Gasteiger partial charge in [-0.15, -0.1) is 0 Å². The van der Waals surface area contributed by atoms with E-state index in [0.29, 0.717) is 11.2 Å². The first-order chi connectivity index (χ1) is 7.27. The Bertz CT molecular complexity index is 507. The highest BCUT2D eigenvalue weighted by Gasteiger charge is 2.15. The average Bonchev–Trinajstić information content (AvgIpc) is 2.66. The van der Waals surface area contributed by atoms with Gasteiger partial charge in [0.2, 0.25) is 0 Å². The Morgan fingerprint density at radius 1 is 1.53 bits per heavy atom. The molecule has 1 heterocycles. The summed E-state index contributed by atoms with van der Waals surface area (Å²) < 4.78 is 6.17. The Morgan fingerprint density at radius 2 is 2.27 bits per heavy atom. The van der Waals surface area contributed by atoms with E-state index < -0.39 is 6.09 Å². The first-order valence-electron chi connectivity index (χ1n) is 4.38. The highest BCUT2D eigenvalue weighted by molar-refractivity contribution is 9.08. The Kier molecular flexibility index (Phi) is 2.73. The number of carbonyl (C=O) groups is 1. The first kappa shape index (κ1) is 10.2. The van der Waals surface area contributed by atoms with E-state index >= 15 is 0 Å². The van der Waals surface area contributed by atoms with Crippen LogP contribution in [0.5, 0.6) is 0 Å². The van der Waals surface area contributed by atoms with Crippen LogP contribution in [-0.2, 0) is 10.1 Å². The molecule has 5 heteroatoms. The van der Waals surface area contributed by atoms with Crippen LogP contribution < -0.4 is 0 Å². The number of hydrogen-bond donors (Lipinski definition) is 0. The van der Waals surface area contributed by atoms with Gasteiger partial charge >= 0.3 is 6.09 Å². The van der Waals surface area contributed by atoms with Gasteiger partial charge in [-0.3, -0.25) is 0 Å². The zero-order valence-electron chi connectivity index (χ0n) is 8.11. The summed E-state index contributed by atoms with van der Waals surface area (Å²) in [5.41, 5.74) is 1.55. The molecular formula is C10H9BrN2O2. The summed E-state index contributed by atoms with van der Waals surface area (Å²) in [6, 6.07) is 7.45. The molecule has 0 saturated carbocycles. The van der Waals surface area contributed by atoms with Gasteiger partial charge in [-0.1, -0.05) is 28.1 Å². The molecule has 0 atom stereocenters. The lowest BCUT2D eigenvalue weighted by Crippen LogP contribution is -2.13. The third kappa shape index (κ3) is 1.63. The number of fused-ring (bicyclic) bond motifs is 1. The number of methoxy groups -OCH3 is 1. The minimum Gasteiger partial charge on any atom is -0.452 e. The third-order valence-electron chi connectivity index (χ3n) is 2.11. The highest BCUT2D eigenvalue weighted by Crippen LogP contribution is 2.17. The van der Waals surface area contributed by atoms with Gasteiger partial charge in [0.1, 0.15) is 5.82 Å². The standard InChI is InChI=1S/C10H9BrN2O2/c1-15-10(14)13-8-5-3-2-4-7(8)12-9(13)6-11/h2-5H,6H2,1H3. The molecule has 0 N–H and O–H groups in total. The van der Waals surface area contributed by atoms with Crippen LogP contribution in [0.4, 0.5) is 4.79 Å². The van der Waals surface area contributed by atoms with Gasteiger partial charge in [-0.05, 0) is 12.1 Å². The van der Waals surface area contributed by atoms with Crippen molar-refractivity contribution >= 4 is 33.1 Å². The van der Waals surface area contributed by atoms with E-state index in [1.807, 2.05) is 24.3 Å². The number of carbonyl (C=O) groups excluding carboxylic acids is 1. The van der Waals surface area contributed by atoms with Gasteiger partial charge in [0.25, 0.3) is 0 Å². The zero-order valence-corrected chi connectivity index (χ0v) is 9.69. The first-order valence-corrected chi connectivity index (χ1v) is 5.50. The summed E-state index contributed by atoms with van der Waals surface area (Å²) in [5, 5.41) is 0.511. The van der Waals surface area contributed by atoms with Crippen molar-refractivity contribution in [1.82, 2.24) is 9.55 Å². The molecule has 15 heavy (non-hydrogen) atoms. The van der Waals surface area contributed by atoms with Crippen LogP contribution in [0.25, 0.3) is 11.0 Å². The monoisotopic (exact) mass is 268 g/mol. The summed E-state index contributed by atoms with van der Waals surface area (Å²) >= 11 is 3.29. The minimum absolute atomic E-state index is 0.418. The van der Waals surface area contributed by atoms with Gasteiger partial charge < -0.3 is 4.74 Å². The third-order valence-corrected chi connectivity index (χ3v) is 2.61. The number of benzene rings is 1. The second-order valence-corrected chi connectivity index (χ2v) is 3.52. The summed E-state index contributed by atoms with van der Waals surface area (Å²) in [4.78, 5) is 15.9. The predicted molar refractivity (Wildman–Crippen MR) is 60.2 cm³/mol. The lowest BCUT2D eigenvalue weighted by atomic mass is 10.3. The fourth-order valence-corrected chi connectivity index (χ4v) is 1.84. The molecule has 0 aliphatic carbocycles. The van der Waals surface area contributed by atoms with Crippen LogP contribution in [0, 0.1) is 0 Å². The molecule has 0 bridgehead atoms. The largest absolute Gasteiger partial charge is 0.452 e. The molecule has 1 aromatic carbocycles. The minimum atomic E-state index is -0.418. The van der Waals surface area contributed by atoms with Gasteiger partial charge in [-0.25, -0.2) is 14.3 Å². The van der Waals surface area contributed by atoms with Gasteiger partial charge in [0, 0.05) is 0 Å².